The molecule has 0 aliphatic carbocycles. The van der Waals surface area contributed by atoms with Gasteiger partial charge >= 0.3 is 0 Å². The van der Waals surface area contributed by atoms with E-state index in [2.05, 4.69) is 49.5 Å². The molecule has 0 saturated carbocycles. The molecule has 0 heterocycles. The van der Waals surface area contributed by atoms with Crippen LogP contribution < -0.4 is 5.32 Å². The Morgan fingerprint density at radius 3 is 2.53 bits per heavy atom. The second-order valence-electron chi connectivity index (χ2n) is 4.41. The molecule has 1 N–H and O–H groups in total. The number of nitrogens with one attached hydrogen (secondary N) is 1. The van der Waals surface area contributed by atoms with Gasteiger partial charge in [0.2, 0.25) is 0 Å². The van der Waals surface area contributed by atoms with Crippen LogP contribution in [-0.2, 0) is 0 Å². The first-order valence-corrected chi connectivity index (χ1v) is 7.74. The molecule has 0 bridgehead atoms. The maximum Gasteiger partial charge on any atom is 0.00719 e. The zero-order valence-corrected chi connectivity index (χ0v) is 11.9. The zero-order valence-electron chi connectivity index (χ0n) is 11.1. The van der Waals surface area contributed by atoms with Gasteiger partial charge in [-0.2, -0.15) is 0 Å². The summed E-state index contributed by atoms with van der Waals surface area (Å²) < 4.78 is 0. The van der Waals surface area contributed by atoms with Gasteiger partial charge in [0, 0.05) is 4.90 Å². The van der Waals surface area contributed by atoms with Gasteiger partial charge in [-0.1, -0.05) is 38.5 Å². The van der Waals surface area contributed by atoms with Crippen LogP contribution in [0.1, 0.15) is 33.1 Å². The molecule has 0 aromatic heterocycles. The van der Waals surface area contributed by atoms with Crippen molar-refractivity contribution in [1.29, 1.82) is 0 Å². The molecule has 1 unspecified atom stereocenters. The lowest BCUT2D eigenvalue weighted by atomic mass is 10.0. The molecule has 96 valence electrons. The average molecular weight is 251 g/mol. The molecule has 0 spiro atoms. The van der Waals surface area contributed by atoms with Crippen molar-refractivity contribution >= 4 is 11.8 Å². The highest BCUT2D eigenvalue weighted by Crippen LogP contribution is 2.21. The predicted octanol–water partition coefficient (Wildman–Crippen LogP) is 4.19. The standard InChI is InChI=1S/C15H25NS/c1-3-8-14(13-16-4-2)11-12-17-15-9-6-5-7-10-15/h5-7,9-10,14,16H,3-4,8,11-13H2,1-2H3. The minimum absolute atomic E-state index is 0.844. The Bertz CT molecular complexity index is 274. The minimum Gasteiger partial charge on any atom is -0.317 e. The molecule has 0 aliphatic heterocycles. The second kappa shape index (κ2) is 9.55. The summed E-state index contributed by atoms with van der Waals surface area (Å²) in [5, 5.41) is 3.47. The maximum absolute atomic E-state index is 3.47. The van der Waals surface area contributed by atoms with Crippen LogP contribution in [0.4, 0.5) is 0 Å². The van der Waals surface area contributed by atoms with E-state index in [0.29, 0.717) is 0 Å². The van der Waals surface area contributed by atoms with Crippen molar-refractivity contribution in [3.05, 3.63) is 30.3 Å². The number of hydrogen-bond acceptors (Lipinski definition) is 2. The minimum atomic E-state index is 0.844. The van der Waals surface area contributed by atoms with Crippen LogP contribution in [0.2, 0.25) is 0 Å². The largest absolute Gasteiger partial charge is 0.317 e. The highest BCUT2D eigenvalue weighted by atomic mass is 32.2. The van der Waals surface area contributed by atoms with Gasteiger partial charge in [0.25, 0.3) is 0 Å². The van der Waals surface area contributed by atoms with Crippen LogP contribution in [0.3, 0.4) is 0 Å². The fraction of sp³-hybridized carbons (Fsp3) is 0.600. The lowest BCUT2D eigenvalue weighted by Gasteiger charge is -2.16. The first-order valence-electron chi connectivity index (χ1n) is 6.75. The van der Waals surface area contributed by atoms with E-state index in [1.54, 1.807) is 0 Å². The van der Waals surface area contributed by atoms with Crippen LogP contribution in [0.15, 0.2) is 35.2 Å². The van der Waals surface area contributed by atoms with Crippen molar-refractivity contribution in [2.45, 2.75) is 38.0 Å². The van der Waals surface area contributed by atoms with Gasteiger partial charge in [-0.15, -0.1) is 11.8 Å². The average Bonchev–Trinajstić information content (AvgIpc) is 2.37. The van der Waals surface area contributed by atoms with Crippen molar-refractivity contribution in [3.8, 4) is 0 Å². The molecule has 1 rings (SSSR count). The van der Waals surface area contributed by atoms with Crippen LogP contribution in [0, 0.1) is 5.92 Å². The second-order valence-corrected chi connectivity index (χ2v) is 5.58. The summed E-state index contributed by atoms with van der Waals surface area (Å²) in [5.74, 6) is 2.08. The number of benzene rings is 1. The lowest BCUT2D eigenvalue weighted by molar-refractivity contribution is 0.437. The van der Waals surface area contributed by atoms with E-state index < -0.39 is 0 Å². The highest BCUT2D eigenvalue weighted by Gasteiger charge is 2.06. The highest BCUT2D eigenvalue weighted by molar-refractivity contribution is 7.99. The van der Waals surface area contributed by atoms with Crippen molar-refractivity contribution in [2.75, 3.05) is 18.8 Å². The van der Waals surface area contributed by atoms with Crippen molar-refractivity contribution < 1.29 is 0 Å². The third kappa shape index (κ3) is 6.75. The van der Waals surface area contributed by atoms with E-state index in [9.17, 15) is 0 Å². The molecule has 0 radical (unpaired) electrons. The molecule has 1 aromatic carbocycles. The molecule has 2 heteroatoms. The quantitative estimate of drug-likeness (QED) is 0.660. The van der Waals surface area contributed by atoms with Gasteiger partial charge in [-0.3, -0.25) is 0 Å². The zero-order chi connectivity index (χ0) is 12.3. The van der Waals surface area contributed by atoms with E-state index in [4.69, 9.17) is 0 Å². The maximum atomic E-state index is 3.47. The van der Waals surface area contributed by atoms with E-state index in [-0.39, 0.29) is 0 Å². The molecule has 1 aromatic rings. The summed E-state index contributed by atoms with van der Waals surface area (Å²) in [6.45, 7) is 6.73. The summed E-state index contributed by atoms with van der Waals surface area (Å²) in [4.78, 5) is 1.39. The predicted molar refractivity (Wildman–Crippen MR) is 78.7 cm³/mol. The van der Waals surface area contributed by atoms with Gasteiger partial charge in [0.15, 0.2) is 0 Å². The Balaban J connectivity index is 2.22. The van der Waals surface area contributed by atoms with Crippen LogP contribution in [-0.4, -0.2) is 18.8 Å². The Morgan fingerprint density at radius 2 is 1.88 bits per heavy atom. The third-order valence-corrected chi connectivity index (χ3v) is 3.96. The van der Waals surface area contributed by atoms with E-state index >= 15 is 0 Å². The number of hydrogen-bond donors (Lipinski definition) is 1. The van der Waals surface area contributed by atoms with Gasteiger partial charge in [0.1, 0.15) is 0 Å². The summed E-state index contributed by atoms with van der Waals surface area (Å²) in [6.07, 6.45) is 3.97. The van der Waals surface area contributed by atoms with E-state index in [0.717, 1.165) is 12.5 Å². The Labute approximate surface area is 110 Å². The van der Waals surface area contributed by atoms with Gasteiger partial charge in [0.05, 0.1) is 0 Å². The van der Waals surface area contributed by atoms with Crippen molar-refractivity contribution in [1.82, 2.24) is 5.32 Å². The Kier molecular flexibility index (Phi) is 8.20. The van der Waals surface area contributed by atoms with Gasteiger partial charge in [-0.25, -0.2) is 0 Å². The molecule has 0 amide bonds. The van der Waals surface area contributed by atoms with Crippen LogP contribution in [0.5, 0.6) is 0 Å². The molecule has 0 saturated heterocycles. The van der Waals surface area contributed by atoms with Gasteiger partial charge in [-0.05, 0) is 49.7 Å². The number of rotatable bonds is 9. The molecular weight excluding hydrogens is 226 g/mol. The van der Waals surface area contributed by atoms with Crippen molar-refractivity contribution in [2.24, 2.45) is 5.92 Å². The van der Waals surface area contributed by atoms with E-state index in [1.165, 1.54) is 36.5 Å². The lowest BCUT2D eigenvalue weighted by Crippen LogP contribution is -2.22. The first-order chi connectivity index (χ1) is 8.36. The molecule has 0 aliphatic rings. The molecule has 0 fully saturated rings. The van der Waals surface area contributed by atoms with Crippen molar-refractivity contribution in [3.63, 3.8) is 0 Å². The van der Waals surface area contributed by atoms with Crippen LogP contribution in [0.25, 0.3) is 0 Å². The summed E-state index contributed by atoms with van der Waals surface area (Å²) in [5.41, 5.74) is 0. The fourth-order valence-electron chi connectivity index (χ4n) is 1.97. The number of thioether (sulfide) groups is 1. The summed E-state index contributed by atoms with van der Waals surface area (Å²) in [7, 11) is 0. The topological polar surface area (TPSA) is 12.0 Å². The molecular formula is C15H25NS. The normalized spacial score (nSPS) is 12.6. The molecule has 1 atom stereocenters. The molecule has 1 nitrogen and oxygen atoms in total. The molecule has 17 heavy (non-hydrogen) atoms. The Hall–Kier alpha value is -0.470. The third-order valence-electron chi connectivity index (χ3n) is 2.92. The smallest absolute Gasteiger partial charge is 0.00719 e. The fourth-order valence-corrected chi connectivity index (χ4v) is 3.00. The van der Waals surface area contributed by atoms with Crippen LogP contribution >= 0.6 is 11.8 Å². The summed E-state index contributed by atoms with van der Waals surface area (Å²) in [6, 6.07) is 10.7. The van der Waals surface area contributed by atoms with Gasteiger partial charge < -0.3 is 5.32 Å². The van der Waals surface area contributed by atoms with E-state index in [1.807, 2.05) is 11.8 Å². The SMILES string of the molecule is CCCC(CCSc1ccccc1)CNCC. The first kappa shape index (κ1) is 14.6. The Morgan fingerprint density at radius 1 is 1.12 bits per heavy atom. The summed E-state index contributed by atoms with van der Waals surface area (Å²) >= 11 is 1.98. The monoisotopic (exact) mass is 251 g/mol.